The van der Waals surface area contributed by atoms with E-state index in [1.54, 1.807) is 6.20 Å². The molecule has 1 amide bonds. The molecule has 5 heteroatoms. The van der Waals surface area contributed by atoms with Crippen molar-refractivity contribution in [2.45, 2.75) is 20.3 Å². The van der Waals surface area contributed by atoms with Crippen LogP contribution >= 0.6 is 0 Å². The summed E-state index contributed by atoms with van der Waals surface area (Å²) in [6, 6.07) is 20.6. The number of nitrogens with zero attached hydrogens (tertiary/aromatic N) is 4. The zero-order valence-electron chi connectivity index (χ0n) is 18.4. The minimum Gasteiger partial charge on any atom is -0.334 e. The third-order valence-corrected chi connectivity index (χ3v) is 6.20. The maximum absolute atomic E-state index is 13.6. The van der Waals surface area contributed by atoms with E-state index in [1.807, 2.05) is 50.8 Å². The molecule has 0 radical (unpaired) electrons. The Balaban J connectivity index is 1.49. The number of hydrogen-bond donors (Lipinski definition) is 0. The highest BCUT2D eigenvalue weighted by molar-refractivity contribution is 5.97. The van der Waals surface area contributed by atoms with Crippen LogP contribution in [-0.2, 0) is 0 Å². The first kappa shape index (κ1) is 20.1. The van der Waals surface area contributed by atoms with E-state index < -0.39 is 0 Å². The summed E-state index contributed by atoms with van der Waals surface area (Å²) in [5.74, 6) is 0.772. The van der Waals surface area contributed by atoms with Gasteiger partial charge in [-0.25, -0.2) is 4.68 Å². The summed E-state index contributed by atoms with van der Waals surface area (Å²) in [5, 5.41) is 4.62. The summed E-state index contributed by atoms with van der Waals surface area (Å²) in [4.78, 5) is 15.5. The van der Waals surface area contributed by atoms with Gasteiger partial charge in [0.25, 0.3) is 5.91 Å². The molecular weight excluding hydrogens is 396 g/mol. The number of benzene rings is 2. The lowest BCUT2D eigenvalue weighted by Crippen LogP contribution is -2.35. The predicted molar refractivity (Wildman–Crippen MR) is 127 cm³/mol. The van der Waals surface area contributed by atoms with Crippen LogP contribution in [-0.4, -0.2) is 38.2 Å². The number of rotatable bonds is 4. The highest BCUT2D eigenvalue weighted by atomic mass is 16.2. The van der Waals surface area contributed by atoms with Gasteiger partial charge >= 0.3 is 0 Å². The Bertz CT molecular complexity index is 1280. The molecule has 2 aromatic carbocycles. The largest absolute Gasteiger partial charge is 0.334 e. The van der Waals surface area contributed by atoms with Gasteiger partial charge in [0.2, 0.25) is 0 Å². The summed E-state index contributed by atoms with van der Waals surface area (Å²) >= 11 is 0. The molecule has 0 aliphatic carbocycles. The quantitative estimate of drug-likeness (QED) is 0.453. The predicted octanol–water partition coefficient (Wildman–Crippen LogP) is 5.21. The Labute approximate surface area is 188 Å². The second-order valence-electron chi connectivity index (χ2n) is 8.25. The standard InChI is InChI=1S/C27H26N4O/c1-20-10-11-24(18-21(20)2)31-26(29-14-6-7-15-29)25(19-28-31)27(32)30-16-12-23(13-17-30)22-8-4-3-5-9-22/h3-12,14-15,18-19H,13,16-17H2,1-2H3. The number of carbonyl (C=O) groups is 1. The van der Waals surface area contributed by atoms with Gasteiger partial charge in [-0.15, -0.1) is 0 Å². The molecule has 3 heterocycles. The molecule has 5 nitrogen and oxygen atoms in total. The van der Waals surface area contributed by atoms with E-state index in [1.165, 1.54) is 22.3 Å². The van der Waals surface area contributed by atoms with Gasteiger partial charge in [0.05, 0.1) is 11.9 Å². The van der Waals surface area contributed by atoms with Crippen LogP contribution in [0.25, 0.3) is 17.1 Å². The van der Waals surface area contributed by atoms with Crippen LogP contribution in [0.3, 0.4) is 0 Å². The average Bonchev–Trinajstić information content (AvgIpc) is 3.51. The lowest BCUT2D eigenvalue weighted by Gasteiger charge is -2.27. The zero-order chi connectivity index (χ0) is 22.1. The fourth-order valence-corrected chi connectivity index (χ4v) is 4.20. The Morgan fingerprint density at radius 3 is 2.41 bits per heavy atom. The smallest absolute Gasteiger partial charge is 0.259 e. The van der Waals surface area contributed by atoms with Crippen LogP contribution in [0.1, 0.15) is 33.5 Å². The van der Waals surface area contributed by atoms with Gasteiger partial charge in [0.1, 0.15) is 5.56 Å². The molecule has 32 heavy (non-hydrogen) atoms. The lowest BCUT2D eigenvalue weighted by atomic mass is 9.99. The number of amides is 1. The van der Waals surface area contributed by atoms with Gasteiger partial charge in [-0.2, -0.15) is 5.10 Å². The van der Waals surface area contributed by atoms with Crippen LogP contribution in [0.4, 0.5) is 0 Å². The summed E-state index contributed by atoms with van der Waals surface area (Å²) in [6.45, 7) is 5.48. The summed E-state index contributed by atoms with van der Waals surface area (Å²) < 4.78 is 3.82. The van der Waals surface area contributed by atoms with Crippen molar-refractivity contribution in [1.82, 2.24) is 19.2 Å². The van der Waals surface area contributed by atoms with Crippen LogP contribution < -0.4 is 0 Å². The minimum absolute atomic E-state index is 0.00662. The van der Waals surface area contributed by atoms with Gasteiger partial charge in [-0.05, 0) is 66.8 Å². The van der Waals surface area contributed by atoms with Gasteiger partial charge in [-0.3, -0.25) is 4.79 Å². The molecule has 0 unspecified atom stereocenters. The van der Waals surface area contributed by atoms with Crippen molar-refractivity contribution in [1.29, 1.82) is 0 Å². The fourth-order valence-electron chi connectivity index (χ4n) is 4.20. The van der Waals surface area contributed by atoms with Crippen molar-refractivity contribution < 1.29 is 4.79 Å². The molecule has 160 valence electrons. The van der Waals surface area contributed by atoms with Crippen LogP contribution in [0.5, 0.6) is 0 Å². The first-order chi connectivity index (χ1) is 15.6. The van der Waals surface area contributed by atoms with Crippen molar-refractivity contribution in [3.8, 4) is 11.5 Å². The molecule has 2 aromatic heterocycles. The molecule has 0 saturated carbocycles. The van der Waals surface area contributed by atoms with Crippen LogP contribution in [0.2, 0.25) is 0 Å². The maximum atomic E-state index is 13.6. The van der Waals surface area contributed by atoms with Gasteiger partial charge in [0.15, 0.2) is 5.82 Å². The summed E-state index contributed by atoms with van der Waals surface area (Å²) in [6.07, 6.45) is 8.62. The molecule has 0 fully saturated rings. The van der Waals surface area contributed by atoms with Crippen LogP contribution in [0.15, 0.2) is 85.3 Å². The van der Waals surface area contributed by atoms with E-state index in [4.69, 9.17) is 0 Å². The van der Waals surface area contributed by atoms with E-state index >= 15 is 0 Å². The molecule has 1 aliphatic heterocycles. The molecule has 5 rings (SSSR count). The summed E-state index contributed by atoms with van der Waals surface area (Å²) in [7, 11) is 0. The average molecular weight is 423 g/mol. The zero-order valence-corrected chi connectivity index (χ0v) is 18.4. The Morgan fingerprint density at radius 1 is 0.938 bits per heavy atom. The number of carbonyl (C=O) groups excluding carboxylic acids is 1. The summed E-state index contributed by atoms with van der Waals surface area (Å²) in [5.41, 5.74) is 6.51. The molecule has 1 aliphatic rings. The number of hydrogen-bond acceptors (Lipinski definition) is 2. The SMILES string of the molecule is Cc1ccc(-n2ncc(C(=O)N3CC=C(c4ccccc4)CC3)c2-n2cccc2)cc1C. The van der Waals surface area contributed by atoms with Gasteiger partial charge < -0.3 is 9.47 Å². The van der Waals surface area contributed by atoms with E-state index in [-0.39, 0.29) is 5.91 Å². The van der Waals surface area contributed by atoms with Crippen molar-refractivity contribution in [3.05, 3.63) is 108 Å². The minimum atomic E-state index is 0.00662. The van der Waals surface area contributed by atoms with Crippen molar-refractivity contribution in [3.63, 3.8) is 0 Å². The third kappa shape index (κ3) is 3.66. The first-order valence-electron chi connectivity index (χ1n) is 10.9. The van der Waals surface area contributed by atoms with Crippen molar-refractivity contribution in [2.75, 3.05) is 13.1 Å². The van der Waals surface area contributed by atoms with E-state index in [0.717, 1.165) is 17.9 Å². The van der Waals surface area contributed by atoms with Gasteiger partial charge in [-0.1, -0.05) is 42.5 Å². The van der Waals surface area contributed by atoms with E-state index in [2.05, 4.69) is 61.4 Å². The van der Waals surface area contributed by atoms with Crippen molar-refractivity contribution in [2.24, 2.45) is 0 Å². The van der Waals surface area contributed by atoms with E-state index in [9.17, 15) is 4.79 Å². The molecular formula is C27H26N4O. The fraction of sp³-hybridized carbons (Fsp3) is 0.185. The van der Waals surface area contributed by atoms with E-state index in [0.29, 0.717) is 18.7 Å². The van der Waals surface area contributed by atoms with Gasteiger partial charge in [0, 0.05) is 25.5 Å². The topological polar surface area (TPSA) is 43.1 Å². The molecule has 4 aromatic rings. The Morgan fingerprint density at radius 2 is 1.72 bits per heavy atom. The van der Waals surface area contributed by atoms with Crippen molar-refractivity contribution >= 4 is 11.5 Å². The third-order valence-electron chi connectivity index (χ3n) is 6.20. The highest BCUT2D eigenvalue weighted by Crippen LogP contribution is 2.26. The lowest BCUT2D eigenvalue weighted by molar-refractivity contribution is 0.0773. The second-order valence-corrected chi connectivity index (χ2v) is 8.25. The maximum Gasteiger partial charge on any atom is 0.259 e. The molecule has 0 N–H and O–H groups in total. The Kier molecular flexibility index (Phi) is 5.23. The van der Waals surface area contributed by atoms with Crippen LogP contribution in [0, 0.1) is 13.8 Å². The second kappa shape index (κ2) is 8.35. The molecule has 0 saturated heterocycles. The number of aromatic nitrogens is 3. The highest BCUT2D eigenvalue weighted by Gasteiger charge is 2.26. The normalized spacial score (nSPS) is 13.8. The Hall–Kier alpha value is -3.86. The monoisotopic (exact) mass is 422 g/mol. The first-order valence-corrected chi connectivity index (χ1v) is 10.9. The molecule has 0 spiro atoms. The number of aryl methyl sites for hydroxylation is 2. The molecule has 0 bridgehead atoms. The molecule has 0 atom stereocenters.